The summed E-state index contributed by atoms with van der Waals surface area (Å²) in [6, 6.07) is 0.339. The number of carbonyl (C=O) groups excluding carboxylic acids is 1. The summed E-state index contributed by atoms with van der Waals surface area (Å²) in [5.41, 5.74) is 0. The van der Waals surface area contributed by atoms with E-state index in [2.05, 4.69) is 17.1 Å². The van der Waals surface area contributed by atoms with E-state index in [-0.39, 0.29) is 12.2 Å². The number of carbonyl (C=O) groups is 1. The third kappa shape index (κ3) is 3.63. The zero-order chi connectivity index (χ0) is 16.5. The normalized spacial score (nSPS) is 36.3. The number of nitrogens with one attached hydrogen (secondary N) is 1. The van der Waals surface area contributed by atoms with Crippen molar-refractivity contribution < 1.29 is 14.3 Å². The van der Waals surface area contributed by atoms with Crippen molar-refractivity contribution in [2.45, 2.75) is 57.8 Å². The number of likely N-dealkylation sites (tertiary alicyclic amines) is 1. The predicted octanol–water partition coefficient (Wildman–Crippen LogP) is 2.01. The zero-order valence-electron chi connectivity index (χ0n) is 14.9. The molecule has 24 heavy (non-hydrogen) atoms. The van der Waals surface area contributed by atoms with E-state index in [0.717, 1.165) is 56.9 Å². The number of nitrogens with zero attached hydrogens (tertiary/aromatic N) is 1. The van der Waals surface area contributed by atoms with Gasteiger partial charge in [-0.25, -0.2) is 0 Å². The molecular formula is C19H32N2O3. The second kappa shape index (κ2) is 7.30. The molecule has 2 aliphatic heterocycles. The highest BCUT2D eigenvalue weighted by molar-refractivity contribution is 5.78. The highest BCUT2D eigenvalue weighted by Crippen LogP contribution is 2.49. The van der Waals surface area contributed by atoms with Crippen molar-refractivity contribution in [3.63, 3.8) is 0 Å². The largest absolute Gasteiger partial charge is 0.352 e. The summed E-state index contributed by atoms with van der Waals surface area (Å²) in [6.07, 6.45) is 7.68. The van der Waals surface area contributed by atoms with Crippen molar-refractivity contribution in [1.82, 2.24) is 10.2 Å². The van der Waals surface area contributed by atoms with E-state index in [1.165, 1.54) is 25.7 Å². The molecule has 4 atom stereocenters. The Balaban J connectivity index is 1.18. The van der Waals surface area contributed by atoms with Crippen LogP contribution in [-0.2, 0) is 14.3 Å². The summed E-state index contributed by atoms with van der Waals surface area (Å²) >= 11 is 0. The van der Waals surface area contributed by atoms with Crippen LogP contribution in [0, 0.1) is 23.7 Å². The number of hydrogen-bond donors (Lipinski definition) is 1. The maximum Gasteiger partial charge on any atom is 0.234 e. The van der Waals surface area contributed by atoms with E-state index in [1.807, 2.05) is 0 Å². The van der Waals surface area contributed by atoms with E-state index < -0.39 is 0 Å². The second-order valence-corrected chi connectivity index (χ2v) is 8.42. The van der Waals surface area contributed by atoms with Gasteiger partial charge in [0.2, 0.25) is 5.91 Å². The molecular weight excluding hydrogens is 304 g/mol. The predicted molar refractivity (Wildman–Crippen MR) is 91.4 cm³/mol. The Kier molecular flexibility index (Phi) is 5.11. The van der Waals surface area contributed by atoms with E-state index in [1.54, 1.807) is 0 Å². The molecule has 2 aliphatic carbocycles. The average molecular weight is 336 g/mol. The van der Waals surface area contributed by atoms with Crippen LogP contribution in [0.3, 0.4) is 0 Å². The Bertz CT molecular complexity index is 444. The van der Waals surface area contributed by atoms with Gasteiger partial charge in [-0.15, -0.1) is 0 Å². The average Bonchev–Trinajstić information content (AvgIpc) is 3.33. The molecule has 1 N–H and O–H groups in total. The van der Waals surface area contributed by atoms with Crippen molar-refractivity contribution >= 4 is 5.91 Å². The lowest BCUT2D eigenvalue weighted by Crippen LogP contribution is -2.47. The zero-order valence-corrected chi connectivity index (χ0v) is 14.9. The van der Waals surface area contributed by atoms with E-state index >= 15 is 0 Å². The van der Waals surface area contributed by atoms with Gasteiger partial charge in [0.05, 0.1) is 19.8 Å². The Hall–Kier alpha value is -0.650. The minimum Gasteiger partial charge on any atom is -0.352 e. The first kappa shape index (κ1) is 16.8. The van der Waals surface area contributed by atoms with E-state index in [4.69, 9.17) is 9.47 Å². The SMILES string of the molecule is CC(NC(=O)CN1CCC(C2OCCO2)CC1)C1CC2CCC1C2. The molecule has 2 saturated heterocycles. The molecule has 2 saturated carbocycles. The van der Waals surface area contributed by atoms with Gasteiger partial charge in [0.15, 0.2) is 6.29 Å². The van der Waals surface area contributed by atoms with Gasteiger partial charge >= 0.3 is 0 Å². The molecule has 0 aromatic carbocycles. The van der Waals surface area contributed by atoms with Crippen LogP contribution >= 0.6 is 0 Å². The molecule has 136 valence electrons. The molecule has 2 bridgehead atoms. The van der Waals surface area contributed by atoms with Gasteiger partial charge in [-0.05, 0) is 69.9 Å². The van der Waals surface area contributed by atoms with Crippen LogP contribution in [0.5, 0.6) is 0 Å². The number of ether oxygens (including phenoxy) is 2. The first-order valence-electron chi connectivity index (χ1n) is 9.94. The molecule has 5 heteroatoms. The fourth-order valence-electron chi connectivity index (χ4n) is 5.55. The molecule has 0 aromatic rings. The lowest BCUT2D eigenvalue weighted by Gasteiger charge is -2.34. The van der Waals surface area contributed by atoms with Gasteiger partial charge in [0, 0.05) is 12.0 Å². The van der Waals surface area contributed by atoms with Crippen LogP contribution in [0.4, 0.5) is 0 Å². The van der Waals surface area contributed by atoms with Crippen LogP contribution in [0.1, 0.15) is 45.4 Å². The van der Waals surface area contributed by atoms with Crippen molar-refractivity contribution in [3.8, 4) is 0 Å². The van der Waals surface area contributed by atoms with Crippen molar-refractivity contribution in [3.05, 3.63) is 0 Å². The first-order chi connectivity index (χ1) is 11.7. The molecule has 4 rings (SSSR count). The van der Waals surface area contributed by atoms with E-state index in [0.29, 0.717) is 18.5 Å². The molecule has 4 fully saturated rings. The van der Waals surface area contributed by atoms with Crippen molar-refractivity contribution in [2.75, 3.05) is 32.8 Å². The van der Waals surface area contributed by atoms with Gasteiger partial charge in [-0.3, -0.25) is 9.69 Å². The fourth-order valence-corrected chi connectivity index (χ4v) is 5.55. The standard InChI is InChI=1S/C19H32N2O3/c1-13(17-11-14-2-3-16(17)10-14)20-18(22)12-21-6-4-15(5-7-21)19-23-8-9-24-19/h13-17,19H,2-12H2,1H3,(H,20,22). The summed E-state index contributed by atoms with van der Waals surface area (Å²) in [5, 5.41) is 3.29. The topological polar surface area (TPSA) is 50.8 Å². The summed E-state index contributed by atoms with van der Waals surface area (Å²) in [5.74, 6) is 3.23. The first-order valence-corrected chi connectivity index (χ1v) is 9.94. The quantitative estimate of drug-likeness (QED) is 0.834. The van der Waals surface area contributed by atoms with Crippen LogP contribution in [0.25, 0.3) is 0 Å². The number of piperidine rings is 1. The Morgan fingerprint density at radius 1 is 1.08 bits per heavy atom. The summed E-state index contributed by atoms with van der Waals surface area (Å²) in [4.78, 5) is 14.7. The highest BCUT2D eigenvalue weighted by atomic mass is 16.7. The van der Waals surface area contributed by atoms with Gasteiger partial charge < -0.3 is 14.8 Å². The molecule has 4 aliphatic rings. The van der Waals surface area contributed by atoms with Gasteiger partial charge in [0.25, 0.3) is 0 Å². The van der Waals surface area contributed by atoms with Crippen LogP contribution in [-0.4, -0.2) is 56.0 Å². The minimum absolute atomic E-state index is 0.00112. The monoisotopic (exact) mass is 336 g/mol. The molecule has 1 amide bonds. The molecule has 4 unspecified atom stereocenters. The van der Waals surface area contributed by atoms with Gasteiger partial charge in [-0.2, -0.15) is 0 Å². The molecule has 2 heterocycles. The maximum absolute atomic E-state index is 12.4. The van der Waals surface area contributed by atoms with Gasteiger partial charge in [0.1, 0.15) is 0 Å². The molecule has 0 spiro atoms. The smallest absolute Gasteiger partial charge is 0.234 e. The van der Waals surface area contributed by atoms with Crippen LogP contribution < -0.4 is 5.32 Å². The lowest BCUT2D eigenvalue weighted by atomic mass is 9.84. The Morgan fingerprint density at radius 3 is 2.46 bits per heavy atom. The number of fused-ring (bicyclic) bond motifs is 2. The Labute approximate surface area is 145 Å². The number of hydrogen-bond acceptors (Lipinski definition) is 4. The summed E-state index contributed by atoms with van der Waals surface area (Å²) < 4.78 is 11.2. The molecule has 0 aromatic heterocycles. The molecule has 5 nitrogen and oxygen atoms in total. The van der Waals surface area contributed by atoms with E-state index in [9.17, 15) is 4.79 Å². The van der Waals surface area contributed by atoms with Crippen LogP contribution in [0.2, 0.25) is 0 Å². The third-order valence-corrected chi connectivity index (χ3v) is 6.86. The van der Waals surface area contributed by atoms with Crippen molar-refractivity contribution in [1.29, 1.82) is 0 Å². The summed E-state index contributed by atoms with van der Waals surface area (Å²) in [7, 11) is 0. The fraction of sp³-hybridized carbons (Fsp3) is 0.947. The highest BCUT2D eigenvalue weighted by Gasteiger charge is 2.42. The lowest BCUT2D eigenvalue weighted by molar-refractivity contribution is -0.125. The summed E-state index contributed by atoms with van der Waals surface area (Å²) in [6.45, 7) is 6.17. The second-order valence-electron chi connectivity index (χ2n) is 8.42. The van der Waals surface area contributed by atoms with Gasteiger partial charge in [-0.1, -0.05) is 6.42 Å². The van der Waals surface area contributed by atoms with Crippen molar-refractivity contribution in [2.24, 2.45) is 23.7 Å². The maximum atomic E-state index is 12.4. The number of amides is 1. The number of rotatable bonds is 5. The Morgan fingerprint density at radius 2 is 1.83 bits per heavy atom. The molecule has 0 radical (unpaired) electrons. The van der Waals surface area contributed by atoms with Crippen LogP contribution in [0.15, 0.2) is 0 Å². The third-order valence-electron chi connectivity index (χ3n) is 6.86. The minimum atomic E-state index is -0.00112.